The van der Waals surface area contributed by atoms with Crippen molar-refractivity contribution in [3.8, 4) is 0 Å². The van der Waals surface area contributed by atoms with Crippen LogP contribution in [0.15, 0.2) is 12.2 Å². The molecule has 28 heavy (non-hydrogen) atoms. The number of ether oxygens (including phenoxy) is 3. The summed E-state index contributed by atoms with van der Waals surface area (Å²) in [6.45, 7) is 4.89. The quantitative estimate of drug-likeness (QED) is 0.352. The zero-order valence-electron chi connectivity index (χ0n) is 16.3. The zero-order valence-corrected chi connectivity index (χ0v) is 16.3. The van der Waals surface area contributed by atoms with E-state index in [-0.39, 0.29) is 25.2 Å². The Hall–Kier alpha value is -0.910. The molecule has 1 aliphatic carbocycles. The Morgan fingerprint density at radius 3 is 2.50 bits per heavy atom. The Bertz CT molecular complexity index is 613. The van der Waals surface area contributed by atoms with E-state index in [1.807, 2.05) is 6.92 Å². The van der Waals surface area contributed by atoms with Crippen LogP contribution in [-0.4, -0.2) is 92.5 Å². The molecule has 2 aliphatic heterocycles. The van der Waals surface area contributed by atoms with Gasteiger partial charge in [0.2, 0.25) is 0 Å². The summed E-state index contributed by atoms with van der Waals surface area (Å²) in [5, 5.41) is 50.4. The summed E-state index contributed by atoms with van der Waals surface area (Å²) in [5.74, 6) is 0.0474. The molecule has 9 nitrogen and oxygen atoms in total. The SMILES string of the molecule is C[C@@H](/C=C/[C@]1(O)C2(C)COC1(C)CC(=O)C2)O[C@@H]1O[C@H](CO)[C@@H](O)[C@H](O)[C@H]1O. The number of aliphatic hydroxyl groups excluding tert-OH is 4. The lowest BCUT2D eigenvalue weighted by Gasteiger charge is -2.47. The van der Waals surface area contributed by atoms with Crippen LogP contribution in [0.25, 0.3) is 0 Å². The number of rotatable bonds is 5. The lowest BCUT2D eigenvalue weighted by atomic mass is 9.59. The number of ketones is 1. The van der Waals surface area contributed by atoms with Crippen LogP contribution in [0.5, 0.6) is 0 Å². The van der Waals surface area contributed by atoms with E-state index in [1.54, 1.807) is 26.0 Å². The van der Waals surface area contributed by atoms with Crippen LogP contribution in [0.4, 0.5) is 0 Å². The monoisotopic (exact) mass is 402 g/mol. The second-order valence-corrected chi connectivity index (χ2v) is 8.64. The van der Waals surface area contributed by atoms with E-state index in [0.717, 1.165) is 0 Å². The van der Waals surface area contributed by atoms with E-state index in [2.05, 4.69) is 0 Å². The molecule has 0 spiro atoms. The highest BCUT2D eigenvalue weighted by atomic mass is 16.7. The molecule has 5 N–H and O–H groups in total. The second-order valence-electron chi connectivity index (χ2n) is 8.64. The predicted octanol–water partition coefficient (Wildman–Crippen LogP) is -1.36. The first kappa shape index (κ1) is 21.8. The topological polar surface area (TPSA) is 146 Å². The van der Waals surface area contributed by atoms with Gasteiger partial charge in [-0.25, -0.2) is 0 Å². The first-order valence-electron chi connectivity index (χ1n) is 9.50. The third-order valence-electron chi connectivity index (χ3n) is 6.36. The van der Waals surface area contributed by atoms with Crippen molar-refractivity contribution in [3.63, 3.8) is 0 Å². The lowest BCUT2D eigenvalue weighted by Crippen LogP contribution is -2.60. The van der Waals surface area contributed by atoms with Crippen molar-refractivity contribution < 1.29 is 44.5 Å². The Morgan fingerprint density at radius 1 is 1.21 bits per heavy atom. The van der Waals surface area contributed by atoms with Gasteiger partial charge in [-0.2, -0.15) is 0 Å². The van der Waals surface area contributed by atoms with Gasteiger partial charge >= 0.3 is 0 Å². The summed E-state index contributed by atoms with van der Waals surface area (Å²) in [4.78, 5) is 12.0. The minimum atomic E-state index is -1.53. The van der Waals surface area contributed by atoms with Crippen molar-refractivity contribution in [2.75, 3.05) is 13.2 Å². The summed E-state index contributed by atoms with van der Waals surface area (Å²) in [6.07, 6.45) is -3.97. The molecule has 2 bridgehead atoms. The van der Waals surface area contributed by atoms with Gasteiger partial charge in [0.05, 0.1) is 19.3 Å². The maximum atomic E-state index is 12.0. The number of aliphatic hydroxyl groups is 5. The third-order valence-corrected chi connectivity index (χ3v) is 6.36. The first-order chi connectivity index (χ1) is 13.0. The molecule has 2 saturated heterocycles. The molecule has 3 fully saturated rings. The standard InChI is InChI=1S/C19H30O9/c1-10(27-16-15(24)14(23)13(22)12(8-20)28-16)4-5-19(25)17(2)6-11(21)7-18(19,3)26-9-17/h4-5,10,12-16,20,22-25H,6-9H2,1-3H3/b5-4+/t10-,12+,13+,14-,15+,16+,17?,18?,19-/m0/s1. The Balaban J connectivity index is 1.72. The van der Waals surface area contributed by atoms with Crippen molar-refractivity contribution >= 4 is 5.78 Å². The van der Waals surface area contributed by atoms with Crippen molar-refractivity contribution in [2.24, 2.45) is 5.41 Å². The fourth-order valence-corrected chi connectivity index (χ4v) is 4.51. The normalized spacial score (nSPS) is 50.3. The van der Waals surface area contributed by atoms with Gasteiger partial charge in [-0.05, 0) is 13.8 Å². The number of hydrogen-bond acceptors (Lipinski definition) is 9. The maximum Gasteiger partial charge on any atom is 0.187 e. The summed E-state index contributed by atoms with van der Waals surface area (Å²) in [5.41, 5.74) is -3.16. The second kappa shape index (κ2) is 7.41. The van der Waals surface area contributed by atoms with Crippen molar-refractivity contribution in [2.45, 2.75) is 81.6 Å². The average Bonchev–Trinajstić information content (AvgIpc) is 2.73. The number of carbonyl (C=O) groups is 1. The van der Waals surface area contributed by atoms with Crippen LogP contribution >= 0.6 is 0 Å². The molecule has 0 aromatic heterocycles. The van der Waals surface area contributed by atoms with Crippen LogP contribution in [0, 0.1) is 5.41 Å². The number of hydrogen-bond donors (Lipinski definition) is 5. The highest BCUT2D eigenvalue weighted by Gasteiger charge is 2.67. The van der Waals surface area contributed by atoms with E-state index in [1.165, 1.54) is 0 Å². The number of Topliss-reactive ketones (excluding diaryl/α,β-unsaturated/α-hetero) is 1. The number of carbonyl (C=O) groups excluding carboxylic acids is 1. The molecular weight excluding hydrogens is 372 g/mol. The highest BCUT2D eigenvalue weighted by Crippen LogP contribution is 2.56. The van der Waals surface area contributed by atoms with Gasteiger partial charge in [-0.15, -0.1) is 0 Å². The van der Waals surface area contributed by atoms with Crippen LogP contribution in [0.1, 0.15) is 33.6 Å². The molecule has 0 aromatic rings. The Labute approximate surface area is 163 Å². The van der Waals surface area contributed by atoms with Gasteiger partial charge in [0, 0.05) is 18.3 Å². The summed E-state index contributed by atoms with van der Waals surface area (Å²) >= 11 is 0. The molecule has 2 unspecified atom stereocenters. The molecule has 9 heteroatoms. The fraction of sp³-hybridized carbons (Fsp3) is 0.842. The number of fused-ring (bicyclic) bond motifs is 2. The van der Waals surface area contributed by atoms with Crippen molar-refractivity contribution in [3.05, 3.63) is 12.2 Å². The molecule has 9 atom stereocenters. The summed E-state index contributed by atoms with van der Waals surface area (Å²) in [7, 11) is 0. The smallest absolute Gasteiger partial charge is 0.187 e. The molecule has 0 amide bonds. The first-order valence-corrected chi connectivity index (χ1v) is 9.50. The van der Waals surface area contributed by atoms with Crippen LogP contribution in [-0.2, 0) is 19.0 Å². The van der Waals surface area contributed by atoms with Gasteiger partial charge in [0.15, 0.2) is 6.29 Å². The largest absolute Gasteiger partial charge is 0.394 e. The zero-order chi connectivity index (χ0) is 20.9. The van der Waals surface area contributed by atoms with Gasteiger partial charge < -0.3 is 39.7 Å². The van der Waals surface area contributed by atoms with E-state index in [9.17, 15) is 30.3 Å². The average molecular weight is 402 g/mol. The minimum absolute atomic E-state index is 0.0474. The molecule has 0 aromatic carbocycles. The van der Waals surface area contributed by atoms with Gasteiger partial charge in [-0.3, -0.25) is 4.79 Å². The van der Waals surface area contributed by atoms with Gasteiger partial charge in [0.1, 0.15) is 41.4 Å². The van der Waals surface area contributed by atoms with Gasteiger partial charge in [0.25, 0.3) is 0 Å². The minimum Gasteiger partial charge on any atom is -0.394 e. The lowest BCUT2D eigenvalue weighted by molar-refractivity contribution is -0.306. The Morgan fingerprint density at radius 2 is 1.89 bits per heavy atom. The highest BCUT2D eigenvalue weighted by molar-refractivity contribution is 5.83. The van der Waals surface area contributed by atoms with E-state index >= 15 is 0 Å². The van der Waals surface area contributed by atoms with E-state index < -0.39 is 60.0 Å². The van der Waals surface area contributed by atoms with Crippen LogP contribution in [0.3, 0.4) is 0 Å². The fourth-order valence-electron chi connectivity index (χ4n) is 4.51. The molecule has 1 saturated carbocycles. The molecule has 160 valence electrons. The van der Waals surface area contributed by atoms with Crippen LogP contribution in [0.2, 0.25) is 0 Å². The van der Waals surface area contributed by atoms with Crippen molar-refractivity contribution in [1.29, 1.82) is 0 Å². The summed E-state index contributed by atoms with van der Waals surface area (Å²) < 4.78 is 16.7. The predicted molar refractivity (Wildman–Crippen MR) is 95.1 cm³/mol. The molecule has 0 radical (unpaired) electrons. The Kier molecular flexibility index (Phi) is 5.76. The van der Waals surface area contributed by atoms with E-state index in [4.69, 9.17) is 14.2 Å². The molecule has 3 rings (SSSR count). The summed E-state index contributed by atoms with van der Waals surface area (Å²) in [6, 6.07) is 0. The molecular formula is C19H30O9. The third kappa shape index (κ3) is 3.33. The molecule has 2 heterocycles. The van der Waals surface area contributed by atoms with Gasteiger partial charge in [-0.1, -0.05) is 19.1 Å². The van der Waals surface area contributed by atoms with Crippen molar-refractivity contribution in [1.82, 2.24) is 0 Å². The van der Waals surface area contributed by atoms with Crippen LogP contribution < -0.4 is 0 Å². The van der Waals surface area contributed by atoms with E-state index in [0.29, 0.717) is 0 Å². The molecule has 3 aliphatic rings. The maximum absolute atomic E-state index is 12.0.